The molecule has 2 rings (SSSR count). The predicted octanol–water partition coefficient (Wildman–Crippen LogP) is 4.02. The number of benzene rings is 2. The first-order valence-electron chi connectivity index (χ1n) is 7.25. The van der Waals surface area contributed by atoms with Gasteiger partial charge in [-0.05, 0) is 35.7 Å². The van der Waals surface area contributed by atoms with Crippen molar-refractivity contribution in [1.82, 2.24) is 5.32 Å². The van der Waals surface area contributed by atoms with E-state index in [4.69, 9.17) is 4.74 Å². The van der Waals surface area contributed by atoms with Crippen molar-refractivity contribution in [3.05, 3.63) is 65.2 Å². The smallest absolute Gasteiger partial charge is 0.0587 e. The lowest BCUT2D eigenvalue weighted by Gasteiger charge is -2.08. The van der Waals surface area contributed by atoms with Crippen LogP contribution in [0.4, 0.5) is 0 Å². The zero-order valence-corrected chi connectivity index (χ0v) is 13.6. The molecule has 0 fully saturated rings. The first-order valence-corrected chi connectivity index (χ1v) is 8.24. The van der Waals surface area contributed by atoms with Crippen LogP contribution in [-0.2, 0) is 17.0 Å². The van der Waals surface area contributed by atoms with Crippen LogP contribution in [0, 0.1) is 6.92 Å². The van der Waals surface area contributed by atoms with E-state index >= 15 is 0 Å². The summed E-state index contributed by atoms with van der Waals surface area (Å²) in [6.07, 6.45) is 0. The van der Waals surface area contributed by atoms with E-state index in [1.165, 1.54) is 21.6 Å². The lowest BCUT2D eigenvalue weighted by molar-refractivity contribution is 0.199. The Morgan fingerprint density at radius 2 is 1.95 bits per heavy atom. The fourth-order valence-corrected chi connectivity index (χ4v) is 3.14. The molecule has 0 aliphatic carbocycles. The minimum Gasteiger partial charge on any atom is -0.383 e. The third-order valence-electron chi connectivity index (χ3n) is 3.37. The van der Waals surface area contributed by atoms with Crippen molar-refractivity contribution in [2.45, 2.75) is 24.1 Å². The molecule has 2 aromatic carbocycles. The van der Waals surface area contributed by atoms with E-state index < -0.39 is 0 Å². The molecule has 0 aromatic heterocycles. The van der Waals surface area contributed by atoms with Gasteiger partial charge in [-0.25, -0.2) is 0 Å². The Labute approximate surface area is 131 Å². The molecule has 0 heterocycles. The molecule has 0 atom stereocenters. The van der Waals surface area contributed by atoms with Crippen molar-refractivity contribution in [2.75, 3.05) is 20.3 Å². The standard InChI is InChI=1S/C18H23NOS/c1-15-6-3-4-8-17(15)14-21-18-9-5-7-16(12-18)13-19-10-11-20-2/h3-9,12,19H,10-11,13-14H2,1-2H3. The summed E-state index contributed by atoms with van der Waals surface area (Å²) >= 11 is 1.89. The SMILES string of the molecule is COCCNCc1cccc(SCc2ccccc2C)c1. The zero-order chi connectivity index (χ0) is 14.9. The van der Waals surface area contributed by atoms with Gasteiger partial charge in [0.15, 0.2) is 0 Å². The van der Waals surface area contributed by atoms with E-state index in [1.807, 2.05) is 11.8 Å². The maximum Gasteiger partial charge on any atom is 0.0587 e. The quantitative estimate of drug-likeness (QED) is 0.588. The summed E-state index contributed by atoms with van der Waals surface area (Å²) in [5.41, 5.74) is 4.09. The normalized spacial score (nSPS) is 10.8. The van der Waals surface area contributed by atoms with E-state index in [0.717, 1.165) is 25.4 Å². The average Bonchev–Trinajstić information content (AvgIpc) is 2.51. The molecule has 0 saturated heterocycles. The Morgan fingerprint density at radius 1 is 1.10 bits per heavy atom. The molecule has 3 heteroatoms. The van der Waals surface area contributed by atoms with Crippen molar-refractivity contribution in [2.24, 2.45) is 0 Å². The summed E-state index contributed by atoms with van der Waals surface area (Å²) in [5.74, 6) is 1.02. The minimum atomic E-state index is 0.752. The van der Waals surface area contributed by atoms with Gasteiger partial charge in [-0.3, -0.25) is 0 Å². The molecular formula is C18H23NOS. The van der Waals surface area contributed by atoms with Crippen LogP contribution in [0.2, 0.25) is 0 Å². The molecule has 0 saturated carbocycles. The Hall–Kier alpha value is -1.29. The lowest BCUT2D eigenvalue weighted by Crippen LogP contribution is -2.18. The van der Waals surface area contributed by atoms with Gasteiger partial charge in [-0.15, -0.1) is 11.8 Å². The van der Waals surface area contributed by atoms with Gasteiger partial charge >= 0.3 is 0 Å². The molecule has 21 heavy (non-hydrogen) atoms. The van der Waals surface area contributed by atoms with Crippen molar-refractivity contribution >= 4 is 11.8 Å². The topological polar surface area (TPSA) is 21.3 Å². The number of nitrogens with one attached hydrogen (secondary N) is 1. The summed E-state index contributed by atoms with van der Waals surface area (Å²) < 4.78 is 5.04. The largest absolute Gasteiger partial charge is 0.383 e. The van der Waals surface area contributed by atoms with Crippen LogP contribution in [0.15, 0.2) is 53.4 Å². The second-order valence-corrected chi connectivity index (χ2v) is 6.08. The Kier molecular flexibility index (Phi) is 6.80. The molecule has 0 amide bonds. The average molecular weight is 301 g/mol. The maximum absolute atomic E-state index is 5.04. The van der Waals surface area contributed by atoms with Crippen LogP contribution in [-0.4, -0.2) is 20.3 Å². The number of thioether (sulfide) groups is 1. The fraction of sp³-hybridized carbons (Fsp3) is 0.333. The van der Waals surface area contributed by atoms with Crippen LogP contribution in [0.1, 0.15) is 16.7 Å². The molecule has 0 aliphatic heterocycles. The number of hydrogen-bond donors (Lipinski definition) is 1. The Balaban J connectivity index is 1.87. The molecule has 0 radical (unpaired) electrons. The van der Waals surface area contributed by atoms with Crippen LogP contribution in [0.5, 0.6) is 0 Å². The Morgan fingerprint density at radius 3 is 2.76 bits per heavy atom. The number of hydrogen-bond acceptors (Lipinski definition) is 3. The first kappa shape index (κ1) is 16.1. The molecule has 0 aliphatic rings. The van der Waals surface area contributed by atoms with E-state index in [9.17, 15) is 0 Å². The summed E-state index contributed by atoms with van der Waals surface area (Å²) in [6.45, 7) is 4.70. The van der Waals surface area contributed by atoms with Gasteiger partial charge < -0.3 is 10.1 Å². The van der Waals surface area contributed by atoms with Gasteiger partial charge in [0.05, 0.1) is 6.61 Å². The summed E-state index contributed by atoms with van der Waals surface area (Å²) in [7, 11) is 1.73. The second kappa shape index (κ2) is 8.88. The third-order valence-corrected chi connectivity index (χ3v) is 4.41. The summed E-state index contributed by atoms with van der Waals surface area (Å²) in [4.78, 5) is 1.32. The van der Waals surface area contributed by atoms with Crippen molar-refractivity contribution < 1.29 is 4.74 Å². The van der Waals surface area contributed by atoms with Gasteiger partial charge in [-0.2, -0.15) is 0 Å². The highest BCUT2D eigenvalue weighted by Crippen LogP contribution is 2.24. The fourth-order valence-electron chi connectivity index (χ4n) is 2.09. The van der Waals surface area contributed by atoms with Gasteiger partial charge in [-0.1, -0.05) is 36.4 Å². The molecule has 0 unspecified atom stereocenters. The predicted molar refractivity (Wildman–Crippen MR) is 90.8 cm³/mol. The van der Waals surface area contributed by atoms with Crippen LogP contribution >= 0.6 is 11.8 Å². The van der Waals surface area contributed by atoms with Gasteiger partial charge in [0.1, 0.15) is 0 Å². The first-order chi connectivity index (χ1) is 10.3. The summed E-state index contributed by atoms with van der Waals surface area (Å²) in [5, 5.41) is 3.38. The number of rotatable bonds is 8. The lowest BCUT2D eigenvalue weighted by atomic mass is 10.1. The molecule has 2 nitrogen and oxygen atoms in total. The molecular weight excluding hydrogens is 278 g/mol. The number of aryl methyl sites for hydroxylation is 1. The molecule has 0 spiro atoms. The van der Waals surface area contributed by atoms with Crippen LogP contribution in [0.25, 0.3) is 0 Å². The van der Waals surface area contributed by atoms with Gasteiger partial charge in [0.25, 0.3) is 0 Å². The van der Waals surface area contributed by atoms with E-state index in [1.54, 1.807) is 7.11 Å². The Bertz CT molecular complexity index is 556. The van der Waals surface area contributed by atoms with Crippen LogP contribution in [0.3, 0.4) is 0 Å². The van der Waals surface area contributed by atoms with Crippen molar-refractivity contribution in [3.63, 3.8) is 0 Å². The molecule has 2 aromatic rings. The van der Waals surface area contributed by atoms with E-state index in [0.29, 0.717) is 0 Å². The van der Waals surface area contributed by atoms with Gasteiger partial charge in [0.2, 0.25) is 0 Å². The van der Waals surface area contributed by atoms with Crippen molar-refractivity contribution in [3.8, 4) is 0 Å². The minimum absolute atomic E-state index is 0.752. The van der Waals surface area contributed by atoms with E-state index in [-0.39, 0.29) is 0 Å². The van der Waals surface area contributed by atoms with Crippen molar-refractivity contribution in [1.29, 1.82) is 0 Å². The highest BCUT2D eigenvalue weighted by molar-refractivity contribution is 7.98. The maximum atomic E-state index is 5.04. The van der Waals surface area contributed by atoms with Crippen LogP contribution < -0.4 is 5.32 Å². The monoisotopic (exact) mass is 301 g/mol. The molecule has 112 valence electrons. The second-order valence-electron chi connectivity index (χ2n) is 5.03. The molecule has 0 bridgehead atoms. The summed E-state index contributed by atoms with van der Waals surface area (Å²) in [6, 6.07) is 17.3. The van der Waals surface area contributed by atoms with Gasteiger partial charge in [0, 0.05) is 30.8 Å². The molecule has 1 N–H and O–H groups in total. The zero-order valence-electron chi connectivity index (χ0n) is 12.8. The number of methoxy groups -OCH3 is 1. The third kappa shape index (κ3) is 5.54. The highest BCUT2D eigenvalue weighted by atomic mass is 32.2. The highest BCUT2D eigenvalue weighted by Gasteiger charge is 2.00. The number of ether oxygens (including phenoxy) is 1. The van der Waals surface area contributed by atoms with E-state index in [2.05, 4.69) is 60.8 Å².